The molecule has 0 fully saturated rings. The summed E-state index contributed by atoms with van der Waals surface area (Å²) < 4.78 is 19.6. The molecule has 0 aliphatic carbocycles. The van der Waals surface area contributed by atoms with Crippen molar-refractivity contribution >= 4 is 17.4 Å². The van der Waals surface area contributed by atoms with E-state index in [2.05, 4.69) is 10.5 Å². The number of nitrogens with one attached hydrogen (secondary N) is 1. The highest BCUT2D eigenvalue weighted by molar-refractivity contribution is 6.01. The molecule has 0 saturated carbocycles. The zero-order chi connectivity index (χ0) is 22.3. The molecule has 0 radical (unpaired) electrons. The third kappa shape index (κ3) is 5.06. The number of anilines is 1. The number of ether oxygens (including phenoxy) is 1. The molecule has 3 aromatic carbocycles. The Kier molecular flexibility index (Phi) is 6.65. The lowest BCUT2D eigenvalue weighted by Gasteiger charge is -2.26. The number of urea groups is 1. The largest absolute Gasteiger partial charge is 0.495 e. The van der Waals surface area contributed by atoms with Crippen molar-refractivity contribution in [2.75, 3.05) is 19.0 Å². The summed E-state index contributed by atoms with van der Waals surface area (Å²) in [7, 11) is 1.54. The van der Waals surface area contributed by atoms with Gasteiger partial charge in [0.05, 0.1) is 31.6 Å². The first kappa shape index (κ1) is 21.4. The molecule has 7 heteroatoms. The fourth-order valence-electron chi connectivity index (χ4n) is 3.57. The number of amides is 2. The van der Waals surface area contributed by atoms with E-state index >= 15 is 0 Å². The number of hydrogen-bond acceptors (Lipinski definition) is 4. The SMILES string of the molecule is COc1ccccc1NC(=O)N(Cc1ccccc1F)C[C@H]1CC(c2ccccc2)=NO1. The molecule has 0 unspecified atom stereocenters. The standard InChI is InChI=1S/C25H24FN3O3/c1-31-24-14-8-7-13-22(24)27-25(30)29(16-19-11-5-6-12-21(19)26)17-20-15-23(28-32-20)18-9-3-2-4-10-18/h2-14,20H,15-17H2,1H3,(H,27,30)/t20-/m1/s1. The average Bonchev–Trinajstić information content (AvgIpc) is 3.29. The topological polar surface area (TPSA) is 63.2 Å². The maximum Gasteiger partial charge on any atom is 0.322 e. The second-order valence-electron chi connectivity index (χ2n) is 7.44. The van der Waals surface area contributed by atoms with Crippen molar-refractivity contribution in [2.24, 2.45) is 5.16 Å². The van der Waals surface area contributed by atoms with Gasteiger partial charge in [-0.3, -0.25) is 0 Å². The molecule has 1 aliphatic rings. The van der Waals surface area contributed by atoms with Gasteiger partial charge in [-0.25, -0.2) is 9.18 Å². The van der Waals surface area contributed by atoms with E-state index in [9.17, 15) is 9.18 Å². The number of nitrogens with zero attached hydrogens (tertiary/aromatic N) is 2. The molecule has 164 valence electrons. The molecule has 0 bridgehead atoms. The molecule has 4 rings (SSSR count). The summed E-state index contributed by atoms with van der Waals surface area (Å²) in [4.78, 5) is 20.3. The van der Waals surface area contributed by atoms with Crippen LogP contribution in [-0.4, -0.2) is 36.4 Å². The van der Waals surface area contributed by atoms with E-state index in [0.717, 1.165) is 11.3 Å². The van der Waals surface area contributed by atoms with E-state index in [1.807, 2.05) is 36.4 Å². The molecule has 0 spiro atoms. The van der Waals surface area contributed by atoms with E-state index in [0.29, 0.717) is 23.4 Å². The van der Waals surface area contributed by atoms with Crippen molar-refractivity contribution in [3.8, 4) is 5.75 Å². The fraction of sp³-hybridized carbons (Fsp3) is 0.200. The number of benzene rings is 3. The normalized spacial score (nSPS) is 14.9. The van der Waals surface area contributed by atoms with E-state index in [-0.39, 0.29) is 31.0 Å². The maximum absolute atomic E-state index is 14.3. The minimum Gasteiger partial charge on any atom is -0.495 e. The summed E-state index contributed by atoms with van der Waals surface area (Å²) in [6, 6.07) is 22.9. The summed E-state index contributed by atoms with van der Waals surface area (Å²) >= 11 is 0. The van der Waals surface area contributed by atoms with Crippen molar-refractivity contribution in [3.05, 3.63) is 95.8 Å². The second kappa shape index (κ2) is 9.96. The number of carbonyl (C=O) groups is 1. The lowest BCUT2D eigenvalue weighted by molar-refractivity contribution is 0.0606. The van der Waals surface area contributed by atoms with Crippen molar-refractivity contribution in [1.29, 1.82) is 0 Å². The number of carbonyl (C=O) groups excluding carboxylic acids is 1. The van der Waals surface area contributed by atoms with Crippen LogP contribution in [0, 0.1) is 5.82 Å². The minimum atomic E-state index is -0.380. The van der Waals surface area contributed by atoms with Gasteiger partial charge < -0.3 is 19.8 Å². The van der Waals surface area contributed by atoms with Crippen molar-refractivity contribution < 1.29 is 18.8 Å². The highest BCUT2D eigenvalue weighted by atomic mass is 19.1. The number of methoxy groups -OCH3 is 1. The molecule has 2 amide bonds. The minimum absolute atomic E-state index is 0.0915. The summed E-state index contributed by atoms with van der Waals surface area (Å²) in [5, 5.41) is 7.06. The predicted molar refractivity (Wildman–Crippen MR) is 121 cm³/mol. The van der Waals surface area contributed by atoms with Crippen LogP contribution < -0.4 is 10.1 Å². The summed E-state index contributed by atoms with van der Waals surface area (Å²) in [5.41, 5.74) is 2.76. The lowest BCUT2D eigenvalue weighted by atomic mass is 10.0. The molecule has 3 aromatic rings. The van der Waals surface area contributed by atoms with Crippen LogP contribution in [0.3, 0.4) is 0 Å². The van der Waals surface area contributed by atoms with Crippen LogP contribution in [0.15, 0.2) is 84.0 Å². The first-order valence-electron chi connectivity index (χ1n) is 10.3. The summed E-state index contributed by atoms with van der Waals surface area (Å²) in [6.07, 6.45) is 0.222. The Morgan fingerprint density at radius 1 is 1.09 bits per heavy atom. The first-order valence-corrected chi connectivity index (χ1v) is 10.3. The lowest BCUT2D eigenvalue weighted by Crippen LogP contribution is -2.40. The Labute approximate surface area is 186 Å². The van der Waals surface area contributed by atoms with Crippen LogP contribution in [0.25, 0.3) is 0 Å². The summed E-state index contributed by atoms with van der Waals surface area (Å²) in [6.45, 7) is 0.337. The van der Waals surface area contributed by atoms with Gasteiger partial charge in [-0.15, -0.1) is 0 Å². The average molecular weight is 433 g/mol. The molecule has 0 saturated heterocycles. The highest BCUT2D eigenvalue weighted by Crippen LogP contribution is 2.25. The molecule has 1 N–H and O–H groups in total. The molecule has 6 nitrogen and oxygen atoms in total. The Balaban J connectivity index is 1.50. The molecular formula is C25H24FN3O3. The Morgan fingerprint density at radius 3 is 2.59 bits per heavy atom. The van der Waals surface area contributed by atoms with E-state index in [1.54, 1.807) is 36.4 Å². The van der Waals surface area contributed by atoms with Crippen molar-refractivity contribution in [3.63, 3.8) is 0 Å². The van der Waals surface area contributed by atoms with Crippen LogP contribution in [0.4, 0.5) is 14.9 Å². The quantitative estimate of drug-likeness (QED) is 0.566. The number of halogens is 1. The number of hydrogen-bond donors (Lipinski definition) is 1. The summed E-state index contributed by atoms with van der Waals surface area (Å²) in [5.74, 6) is 0.176. The fourth-order valence-corrected chi connectivity index (χ4v) is 3.57. The van der Waals surface area contributed by atoms with Gasteiger partial charge in [0.15, 0.2) is 6.10 Å². The van der Waals surface area contributed by atoms with Crippen LogP contribution in [0.1, 0.15) is 17.5 Å². The van der Waals surface area contributed by atoms with Gasteiger partial charge in [0.2, 0.25) is 0 Å². The van der Waals surface area contributed by atoms with Gasteiger partial charge in [0.1, 0.15) is 11.6 Å². The second-order valence-corrected chi connectivity index (χ2v) is 7.44. The van der Waals surface area contributed by atoms with Crippen molar-refractivity contribution in [2.45, 2.75) is 19.1 Å². The zero-order valence-electron chi connectivity index (χ0n) is 17.7. The molecule has 1 heterocycles. The molecular weight excluding hydrogens is 409 g/mol. The predicted octanol–water partition coefficient (Wildman–Crippen LogP) is 5.06. The highest BCUT2D eigenvalue weighted by Gasteiger charge is 2.27. The monoisotopic (exact) mass is 433 g/mol. The molecule has 32 heavy (non-hydrogen) atoms. The molecule has 1 atom stereocenters. The van der Waals surface area contributed by atoms with Gasteiger partial charge in [-0.1, -0.05) is 65.8 Å². The van der Waals surface area contributed by atoms with E-state index < -0.39 is 0 Å². The Morgan fingerprint density at radius 2 is 1.81 bits per heavy atom. The zero-order valence-corrected chi connectivity index (χ0v) is 17.7. The first-order chi connectivity index (χ1) is 15.6. The Hall–Kier alpha value is -3.87. The Bertz CT molecular complexity index is 1100. The van der Waals surface area contributed by atoms with Gasteiger partial charge in [-0.05, 0) is 23.8 Å². The van der Waals surface area contributed by atoms with E-state index in [4.69, 9.17) is 9.57 Å². The molecule has 1 aliphatic heterocycles. The third-order valence-corrected chi connectivity index (χ3v) is 5.22. The number of rotatable bonds is 7. The van der Waals surface area contributed by atoms with Gasteiger partial charge >= 0.3 is 6.03 Å². The van der Waals surface area contributed by atoms with E-state index in [1.165, 1.54) is 18.1 Å². The van der Waals surface area contributed by atoms with Crippen LogP contribution in [0.2, 0.25) is 0 Å². The van der Waals surface area contributed by atoms with Crippen LogP contribution >= 0.6 is 0 Å². The number of para-hydroxylation sites is 2. The molecule has 0 aromatic heterocycles. The van der Waals surface area contributed by atoms with Gasteiger partial charge in [0.25, 0.3) is 0 Å². The van der Waals surface area contributed by atoms with Gasteiger partial charge in [0, 0.05) is 12.0 Å². The van der Waals surface area contributed by atoms with Crippen LogP contribution in [0.5, 0.6) is 5.75 Å². The van der Waals surface area contributed by atoms with Crippen LogP contribution in [-0.2, 0) is 11.4 Å². The van der Waals surface area contributed by atoms with Gasteiger partial charge in [-0.2, -0.15) is 0 Å². The third-order valence-electron chi connectivity index (χ3n) is 5.22. The van der Waals surface area contributed by atoms with Crippen molar-refractivity contribution in [1.82, 2.24) is 4.90 Å². The number of oxime groups is 1. The maximum atomic E-state index is 14.3. The smallest absolute Gasteiger partial charge is 0.322 e.